The Morgan fingerprint density at radius 3 is 2.42 bits per heavy atom. The second kappa shape index (κ2) is 10.8. The number of primary amides is 1. The minimum atomic E-state index is -0.357. The zero-order valence-electron chi connectivity index (χ0n) is 11.8. The van der Waals surface area contributed by atoms with Crippen molar-refractivity contribution in [3.05, 3.63) is 30.1 Å². The van der Waals surface area contributed by atoms with Crippen LogP contribution < -0.4 is 22.7 Å². The topological polar surface area (TPSA) is 47.0 Å². The van der Waals surface area contributed by atoms with E-state index in [1.165, 1.54) is 44.9 Å². The number of hydrogen-bond acceptors (Lipinski definition) is 1. The Morgan fingerprint density at radius 1 is 1.16 bits per heavy atom. The highest BCUT2D eigenvalue weighted by molar-refractivity contribution is 5.92. The van der Waals surface area contributed by atoms with Gasteiger partial charge in [0, 0.05) is 12.5 Å². The Balaban J connectivity index is 0.00000324. The smallest absolute Gasteiger partial charge is 0.254 e. The van der Waals surface area contributed by atoms with E-state index in [9.17, 15) is 4.79 Å². The largest absolute Gasteiger partial charge is 1.00 e. The highest BCUT2D eigenvalue weighted by Crippen LogP contribution is 2.06. The van der Waals surface area contributed by atoms with E-state index in [0.29, 0.717) is 5.56 Å². The van der Waals surface area contributed by atoms with Crippen LogP contribution in [-0.2, 0) is 6.54 Å². The summed E-state index contributed by atoms with van der Waals surface area (Å²) >= 11 is 0. The summed E-state index contributed by atoms with van der Waals surface area (Å²) in [6, 6.07) is 3.63. The average molecular weight is 285 g/mol. The molecular formula is C15H25ClN2O. The molecule has 0 unspecified atom stereocenters. The van der Waals surface area contributed by atoms with Gasteiger partial charge in [-0.2, -0.15) is 0 Å². The van der Waals surface area contributed by atoms with Crippen LogP contribution in [-0.4, -0.2) is 5.91 Å². The molecule has 0 aliphatic rings. The molecule has 0 aromatic carbocycles. The van der Waals surface area contributed by atoms with Gasteiger partial charge in [0.1, 0.15) is 12.1 Å². The van der Waals surface area contributed by atoms with E-state index >= 15 is 0 Å². The molecule has 0 radical (unpaired) electrons. The SMILES string of the molecule is CCCCCCCCC[n+]1cccc(C(N)=O)c1.[Cl-]. The van der Waals surface area contributed by atoms with E-state index in [1.54, 1.807) is 6.07 Å². The second-order valence-corrected chi connectivity index (χ2v) is 4.82. The zero-order valence-corrected chi connectivity index (χ0v) is 12.5. The average Bonchev–Trinajstić information content (AvgIpc) is 2.38. The molecule has 4 heteroatoms. The van der Waals surface area contributed by atoms with Gasteiger partial charge in [0.2, 0.25) is 0 Å². The first-order chi connectivity index (χ1) is 8.74. The van der Waals surface area contributed by atoms with Crippen molar-refractivity contribution < 1.29 is 21.8 Å². The number of hydrogen-bond donors (Lipinski definition) is 1. The third kappa shape index (κ3) is 7.83. The maximum Gasteiger partial charge on any atom is 0.254 e. The first-order valence-electron chi connectivity index (χ1n) is 7.03. The lowest BCUT2D eigenvalue weighted by atomic mass is 10.1. The molecule has 0 bridgehead atoms. The maximum absolute atomic E-state index is 11.0. The number of nitrogens with zero attached hydrogens (tertiary/aromatic N) is 1. The predicted octanol–water partition coefficient (Wildman–Crippen LogP) is -0.172. The van der Waals surface area contributed by atoms with Crippen LogP contribution in [0.4, 0.5) is 0 Å². The molecule has 0 fully saturated rings. The standard InChI is InChI=1S/C15H24N2O.ClH/c1-2-3-4-5-6-7-8-11-17-12-9-10-14(13-17)15(16)18;/h9-10,12-13H,2-8,11H2,1H3,(H-,16,18);1H. The van der Waals surface area contributed by atoms with Crippen molar-refractivity contribution in [3.8, 4) is 0 Å². The van der Waals surface area contributed by atoms with E-state index in [1.807, 2.05) is 23.0 Å². The van der Waals surface area contributed by atoms with E-state index in [0.717, 1.165) is 6.54 Å². The van der Waals surface area contributed by atoms with Crippen molar-refractivity contribution in [2.45, 2.75) is 58.4 Å². The first-order valence-corrected chi connectivity index (χ1v) is 7.03. The molecule has 0 aliphatic carbocycles. The van der Waals surface area contributed by atoms with Crippen molar-refractivity contribution in [1.82, 2.24) is 0 Å². The lowest BCUT2D eigenvalue weighted by Crippen LogP contribution is -3.00. The van der Waals surface area contributed by atoms with Gasteiger partial charge in [-0.05, 0) is 12.5 Å². The highest BCUT2D eigenvalue weighted by atomic mass is 35.5. The highest BCUT2D eigenvalue weighted by Gasteiger charge is 2.06. The fraction of sp³-hybridized carbons (Fsp3) is 0.600. The quantitative estimate of drug-likeness (QED) is 0.497. The molecule has 3 nitrogen and oxygen atoms in total. The van der Waals surface area contributed by atoms with Crippen LogP contribution in [0.1, 0.15) is 62.2 Å². The van der Waals surface area contributed by atoms with Crippen molar-refractivity contribution in [1.29, 1.82) is 0 Å². The Bertz CT molecular complexity index is 369. The van der Waals surface area contributed by atoms with Crippen LogP contribution >= 0.6 is 0 Å². The van der Waals surface area contributed by atoms with E-state index < -0.39 is 0 Å². The summed E-state index contributed by atoms with van der Waals surface area (Å²) in [5, 5.41) is 0. The Labute approximate surface area is 122 Å². The Hall–Kier alpha value is -1.09. The number of aryl methyl sites for hydroxylation is 1. The minimum Gasteiger partial charge on any atom is -1.00 e. The van der Waals surface area contributed by atoms with Gasteiger partial charge in [-0.15, -0.1) is 0 Å². The predicted molar refractivity (Wildman–Crippen MR) is 73.1 cm³/mol. The number of amides is 1. The molecule has 1 heterocycles. The van der Waals surface area contributed by atoms with Crippen LogP contribution in [0.3, 0.4) is 0 Å². The maximum atomic E-state index is 11.0. The molecule has 2 N–H and O–H groups in total. The van der Waals surface area contributed by atoms with Gasteiger partial charge < -0.3 is 18.1 Å². The van der Waals surface area contributed by atoms with Gasteiger partial charge in [-0.25, -0.2) is 4.57 Å². The lowest BCUT2D eigenvalue weighted by molar-refractivity contribution is -0.697. The second-order valence-electron chi connectivity index (χ2n) is 4.82. The van der Waals surface area contributed by atoms with Crippen molar-refractivity contribution in [3.63, 3.8) is 0 Å². The molecule has 1 aromatic heterocycles. The summed E-state index contributed by atoms with van der Waals surface area (Å²) < 4.78 is 2.05. The normalized spacial score (nSPS) is 9.95. The van der Waals surface area contributed by atoms with Crippen LogP contribution in [0.5, 0.6) is 0 Å². The van der Waals surface area contributed by atoms with Gasteiger partial charge >= 0.3 is 0 Å². The summed E-state index contributed by atoms with van der Waals surface area (Å²) in [4.78, 5) is 11.0. The third-order valence-electron chi connectivity index (χ3n) is 3.16. The van der Waals surface area contributed by atoms with Gasteiger partial charge in [0.05, 0.1) is 0 Å². The minimum absolute atomic E-state index is 0. The summed E-state index contributed by atoms with van der Waals surface area (Å²) in [6.45, 7) is 3.21. The van der Waals surface area contributed by atoms with Gasteiger partial charge in [0.15, 0.2) is 12.4 Å². The van der Waals surface area contributed by atoms with Crippen LogP contribution in [0.2, 0.25) is 0 Å². The molecule has 1 aromatic rings. The van der Waals surface area contributed by atoms with Crippen molar-refractivity contribution in [2.75, 3.05) is 0 Å². The molecule has 0 atom stereocenters. The van der Waals surface area contributed by atoms with Crippen molar-refractivity contribution >= 4 is 5.91 Å². The Kier molecular flexibility index (Phi) is 10.2. The van der Waals surface area contributed by atoms with Gasteiger partial charge in [-0.3, -0.25) is 4.79 Å². The van der Waals surface area contributed by atoms with Gasteiger partial charge in [0.25, 0.3) is 5.91 Å². The van der Waals surface area contributed by atoms with Crippen LogP contribution in [0.25, 0.3) is 0 Å². The third-order valence-corrected chi connectivity index (χ3v) is 3.16. The summed E-state index contributed by atoms with van der Waals surface area (Å²) in [6.07, 6.45) is 12.9. The number of carbonyl (C=O) groups excluding carboxylic acids is 1. The molecule has 0 spiro atoms. The molecule has 1 amide bonds. The first kappa shape index (κ1) is 17.9. The molecular weight excluding hydrogens is 260 g/mol. The summed E-state index contributed by atoms with van der Waals surface area (Å²) in [5.74, 6) is -0.357. The number of halogens is 1. The van der Waals surface area contributed by atoms with Crippen molar-refractivity contribution in [2.24, 2.45) is 5.73 Å². The monoisotopic (exact) mass is 284 g/mol. The number of unbranched alkanes of at least 4 members (excludes halogenated alkanes) is 6. The molecule has 0 saturated heterocycles. The molecule has 0 saturated carbocycles. The van der Waals surface area contributed by atoms with Gasteiger partial charge in [-0.1, -0.05) is 39.0 Å². The summed E-state index contributed by atoms with van der Waals surface area (Å²) in [5.41, 5.74) is 5.84. The number of rotatable bonds is 9. The van der Waals surface area contributed by atoms with E-state index in [-0.39, 0.29) is 18.3 Å². The molecule has 108 valence electrons. The fourth-order valence-corrected chi connectivity index (χ4v) is 2.06. The number of carbonyl (C=O) groups is 1. The number of pyridine rings is 1. The number of nitrogens with two attached hydrogens (primary N) is 1. The zero-order chi connectivity index (χ0) is 13.2. The molecule has 0 aliphatic heterocycles. The van der Waals surface area contributed by atoms with Crippen LogP contribution in [0, 0.1) is 0 Å². The lowest BCUT2D eigenvalue weighted by Gasteiger charge is -2.00. The fourth-order valence-electron chi connectivity index (χ4n) is 2.06. The van der Waals surface area contributed by atoms with E-state index in [2.05, 4.69) is 6.92 Å². The molecule has 19 heavy (non-hydrogen) atoms. The number of aromatic nitrogens is 1. The summed E-state index contributed by atoms with van der Waals surface area (Å²) in [7, 11) is 0. The van der Waals surface area contributed by atoms with E-state index in [4.69, 9.17) is 5.73 Å². The van der Waals surface area contributed by atoms with Crippen LogP contribution in [0.15, 0.2) is 24.5 Å². The molecule has 1 rings (SSSR count). The Morgan fingerprint density at radius 2 is 1.79 bits per heavy atom.